The third-order valence-corrected chi connectivity index (χ3v) is 7.56. The molecule has 0 bridgehead atoms. The Labute approximate surface area is 198 Å². The number of carbonyl (C=O) groups is 2. The van der Waals surface area contributed by atoms with Gasteiger partial charge in [0.1, 0.15) is 23.2 Å². The summed E-state index contributed by atoms with van der Waals surface area (Å²) in [5, 5.41) is 5.00. The Hall–Kier alpha value is -2.89. The monoisotopic (exact) mass is 494 g/mol. The maximum atomic E-state index is 13.9. The van der Waals surface area contributed by atoms with Crippen LogP contribution in [0.15, 0.2) is 47.4 Å². The van der Waals surface area contributed by atoms with E-state index >= 15 is 0 Å². The molecule has 0 unspecified atom stereocenters. The zero-order chi connectivity index (χ0) is 25.0. The summed E-state index contributed by atoms with van der Waals surface area (Å²) in [7, 11) is -1.72. The molecular weight excluding hydrogens is 466 g/mol. The van der Waals surface area contributed by atoms with Gasteiger partial charge in [-0.25, -0.2) is 17.2 Å². The molecule has 1 aliphatic rings. The van der Waals surface area contributed by atoms with Crippen molar-refractivity contribution in [3.05, 3.63) is 59.7 Å². The van der Waals surface area contributed by atoms with E-state index in [1.54, 1.807) is 13.8 Å². The third kappa shape index (κ3) is 5.78. The number of halogens is 2. The van der Waals surface area contributed by atoms with Crippen molar-refractivity contribution in [3.63, 3.8) is 0 Å². The Morgan fingerprint density at radius 3 is 2.03 bits per heavy atom. The summed E-state index contributed by atoms with van der Waals surface area (Å²) in [6.07, 6.45) is 0. The molecule has 11 heteroatoms. The van der Waals surface area contributed by atoms with Crippen molar-refractivity contribution in [2.75, 3.05) is 38.5 Å². The molecule has 0 saturated carbocycles. The highest BCUT2D eigenvalue weighted by molar-refractivity contribution is 7.89. The lowest BCUT2D eigenvalue weighted by molar-refractivity contribution is -0.118. The minimum Gasteiger partial charge on any atom is -0.340 e. The Morgan fingerprint density at radius 2 is 1.50 bits per heavy atom. The van der Waals surface area contributed by atoms with E-state index in [9.17, 15) is 26.8 Å². The molecule has 0 aliphatic carbocycles. The van der Waals surface area contributed by atoms with Crippen molar-refractivity contribution >= 4 is 27.5 Å². The zero-order valence-electron chi connectivity index (χ0n) is 19.2. The average molecular weight is 495 g/mol. The maximum absolute atomic E-state index is 13.9. The molecule has 8 nitrogen and oxygen atoms in total. The second-order valence-corrected chi connectivity index (χ2v) is 10.5. The summed E-state index contributed by atoms with van der Waals surface area (Å²) in [4.78, 5) is 27.4. The maximum Gasteiger partial charge on any atom is 0.257 e. The van der Waals surface area contributed by atoms with Crippen molar-refractivity contribution in [2.24, 2.45) is 5.92 Å². The van der Waals surface area contributed by atoms with Gasteiger partial charge in [-0.2, -0.15) is 4.31 Å². The van der Waals surface area contributed by atoms with Crippen LogP contribution in [-0.2, 0) is 14.8 Å². The second-order valence-electron chi connectivity index (χ2n) is 8.51. The Balaban J connectivity index is 1.70. The van der Waals surface area contributed by atoms with Gasteiger partial charge in [-0.05, 0) is 49.4 Å². The van der Waals surface area contributed by atoms with Crippen LogP contribution in [0.25, 0.3) is 0 Å². The number of piperazine rings is 1. The van der Waals surface area contributed by atoms with E-state index in [2.05, 4.69) is 15.5 Å². The topological polar surface area (TPSA) is 98.8 Å². The van der Waals surface area contributed by atoms with Gasteiger partial charge in [0, 0.05) is 31.9 Å². The SMILES string of the molecule is CC(C)[C@H](NC(=O)c1c(F)cccc1F)C(=O)Nc1ccc(S(=O)(=O)N2CCN(C)CC2)cc1. The highest BCUT2D eigenvalue weighted by atomic mass is 32.2. The number of hydrogen-bond acceptors (Lipinski definition) is 5. The van der Waals surface area contributed by atoms with Gasteiger partial charge in [-0.1, -0.05) is 19.9 Å². The first-order chi connectivity index (χ1) is 16.0. The molecule has 3 rings (SSSR count). The molecule has 2 amide bonds. The first-order valence-electron chi connectivity index (χ1n) is 10.8. The van der Waals surface area contributed by atoms with Gasteiger partial charge in [0.05, 0.1) is 4.90 Å². The highest BCUT2D eigenvalue weighted by Gasteiger charge is 2.29. The van der Waals surface area contributed by atoms with Crippen LogP contribution in [0.1, 0.15) is 24.2 Å². The fourth-order valence-electron chi connectivity index (χ4n) is 3.57. The number of sulfonamides is 1. The quantitative estimate of drug-likeness (QED) is 0.616. The predicted molar refractivity (Wildman–Crippen MR) is 124 cm³/mol. The lowest BCUT2D eigenvalue weighted by Crippen LogP contribution is -2.47. The van der Waals surface area contributed by atoms with E-state index in [0.717, 1.165) is 18.2 Å². The average Bonchev–Trinajstić information content (AvgIpc) is 2.77. The molecule has 0 aromatic heterocycles. The summed E-state index contributed by atoms with van der Waals surface area (Å²) in [6, 6.07) is 7.69. The standard InChI is InChI=1S/C23H28F2N4O4S/c1-15(2)21(27-22(30)20-18(24)5-4-6-19(20)25)23(31)26-16-7-9-17(10-8-16)34(32,33)29-13-11-28(3)12-14-29/h4-10,15,21H,11-14H2,1-3H3,(H,26,31)(H,27,30)/t21-/m0/s1. The number of carbonyl (C=O) groups excluding carboxylic acids is 2. The molecule has 1 heterocycles. The van der Waals surface area contributed by atoms with Gasteiger partial charge in [-0.15, -0.1) is 0 Å². The van der Waals surface area contributed by atoms with Crippen LogP contribution in [-0.4, -0.2) is 68.7 Å². The van der Waals surface area contributed by atoms with Gasteiger partial charge in [-0.3, -0.25) is 9.59 Å². The van der Waals surface area contributed by atoms with Crippen LogP contribution < -0.4 is 10.6 Å². The van der Waals surface area contributed by atoms with Gasteiger partial charge in [0.2, 0.25) is 15.9 Å². The molecule has 1 aliphatic heterocycles. The van der Waals surface area contributed by atoms with E-state index in [1.165, 1.54) is 28.6 Å². The number of amides is 2. The summed E-state index contributed by atoms with van der Waals surface area (Å²) >= 11 is 0. The minimum absolute atomic E-state index is 0.110. The first kappa shape index (κ1) is 25.7. The number of likely N-dealkylation sites (N-methyl/N-ethyl adjacent to an activating group) is 1. The number of nitrogens with one attached hydrogen (secondary N) is 2. The molecule has 1 fully saturated rings. The zero-order valence-corrected chi connectivity index (χ0v) is 20.0. The molecule has 1 saturated heterocycles. The Kier molecular flexibility index (Phi) is 8.01. The summed E-state index contributed by atoms with van der Waals surface area (Å²) in [6.45, 7) is 5.44. The Bertz CT molecular complexity index is 1130. The summed E-state index contributed by atoms with van der Waals surface area (Å²) in [5.74, 6) is -4.10. The van der Waals surface area contributed by atoms with E-state index in [-0.39, 0.29) is 4.90 Å². The van der Waals surface area contributed by atoms with Crippen LogP contribution in [0.4, 0.5) is 14.5 Å². The molecule has 1 atom stereocenters. The number of anilines is 1. The van der Waals surface area contributed by atoms with Crippen LogP contribution >= 0.6 is 0 Å². The first-order valence-corrected chi connectivity index (χ1v) is 12.3. The van der Waals surface area contributed by atoms with Crippen LogP contribution in [0.5, 0.6) is 0 Å². The smallest absolute Gasteiger partial charge is 0.257 e. The van der Waals surface area contributed by atoms with Crippen LogP contribution in [0.2, 0.25) is 0 Å². The van der Waals surface area contributed by atoms with Crippen LogP contribution in [0.3, 0.4) is 0 Å². The van der Waals surface area contributed by atoms with Gasteiger partial charge in [0.25, 0.3) is 5.91 Å². The number of benzene rings is 2. The fourth-order valence-corrected chi connectivity index (χ4v) is 4.99. The summed E-state index contributed by atoms with van der Waals surface area (Å²) < 4.78 is 55.0. The lowest BCUT2D eigenvalue weighted by atomic mass is 10.0. The normalized spacial score (nSPS) is 16.3. The van der Waals surface area contributed by atoms with Crippen LogP contribution in [0, 0.1) is 17.6 Å². The number of rotatable bonds is 7. The third-order valence-electron chi connectivity index (χ3n) is 5.65. The van der Waals surface area contributed by atoms with Gasteiger partial charge in [0.15, 0.2) is 0 Å². The van der Waals surface area contributed by atoms with Crippen molar-refractivity contribution < 1.29 is 26.8 Å². The number of nitrogens with zero attached hydrogens (tertiary/aromatic N) is 2. The molecule has 2 aromatic rings. The molecule has 2 N–H and O–H groups in total. The lowest BCUT2D eigenvalue weighted by Gasteiger charge is -2.31. The number of hydrogen-bond donors (Lipinski definition) is 2. The van der Waals surface area contributed by atoms with E-state index in [4.69, 9.17) is 0 Å². The second kappa shape index (κ2) is 10.6. The minimum atomic E-state index is -3.65. The van der Waals surface area contributed by atoms with Gasteiger partial charge < -0.3 is 15.5 Å². The highest BCUT2D eigenvalue weighted by Crippen LogP contribution is 2.20. The molecule has 0 radical (unpaired) electrons. The van der Waals surface area contributed by atoms with E-state index in [0.29, 0.717) is 31.9 Å². The van der Waals surface area contributed by atoms with Crippen molar-refractivity contribution in [1.29, 1.82) is 0 Å². The van der Waals surface area contributed by atoms with Crippen molar-refractivity contribution in [3.8, 4) is 0 Å². The van der Waals surface area contributed by atoms with Crippen molar-refractivity contribution in [2.45, 2.75) is 24.8 Å². The molecule has 0 spiro atoms. The van der Waals surface area contributed by atoms with Gasteiger partial charge >= 0.3 is 0 Å². The molecule has 2 aromatic carbocycles. The largest absolute Gasteiger partial charge is 0.340 e. The molecule has 34 heavy (non-hydrogen) atoms. The predicted octanol–water partition coefficient (Wildman–Crippen LogP) is 2.29. The molecule has 184 valence electrons. The Morgan fingerprint density at radius 1 is 0.941 bits per heavy atom. The van der Waals surface area contributed by atoms with Crippen molar-refractivity contribution in [1.82, 2.24) is 14.5 Å². The van der Waals surface area contributed by atoms with E-state index < -0.39 is 51.0 Å². The van der Waals surface area contributed by atoms with E-state index in [1.807, 2.05) is 7.05 Å². The fraction of sp³-hybridized carbons (Fsp3) is 0.391. The molecular formula is C23H28F2N4O4S. The summed E-state index contributed by atoms with van der Waals surface area (Å²) in [5.41, 5.74) is -0.446.